The van der Waals surface area contributed by atoms with Crippen LogP contribution in [0.1, 0.15) is 77.0 Å². The van der Waals surface area contributed by atoms with Crippen LogP contribution in [0.5, 0.6) is 0 Å². The van der Waals surface area contributed by atoms with Crippen LogP contribution >= 0.6 is 0 Å². The lowest BCUT2D eigenvalue weighted by molar-refractivity contribution is -0.140. The van der Waals surface area contributed by atoms with Gasteiger partial charge in [0.1, 0.15) is 6.29 Å². The van der Waals surface area contributed by atoms with Gasteiger partial charge in [0.15, 0.2) is 0 Å². The van der Waals surface area contributed by atoms with Gasteiger partial charge in [-0.15, -0.1) is 0 Å². The molecular formula is C15H28O3. The lowest BCUT2D eigenvalue weighted by Gasteiger charge is -2.02. The zero-order chi connectivity index (χ0) is 13.5. The average Bonchev–Trinajstić information content (AvgIpc) is 2.39. The first-order chi connectivity index (χ1) is 8.81. The Morgan fingerprint density at radius 2 is 1.28 bits per heavy atom. The molecule has 0 radical (unpaired) electrons. The maximum absolute atomic E-state index is 10.8. The van der Waals surface area contributed by atoms with E-state index >= 15 is 0 Å². The van der Waals surface area contributed by atoms with E-state index in [1.807, 2.05) is 0 Å². The van der Waals surface area contributed by atoms with Gasteiger partial charge in [-0.3, -0.25) is 4.79 Å². The summed E-state index contributed by atoms with van der Waals surface area (Å²) in [5.74, 6) is -0.0923. The molecule has 106 valence electrons. The molecule has 18 heavy (non-hydrogen) atoms. The monoisotopic (exact) mass is 256 g/mol. The predicted octanol–water partition coefficient (Wildman–Crippen LogP) is 4.04. The summed E-state index contributed by atoms with van der Waals surface area (Å²) in [5.41, 5.74) is 0. The number of esters is 1. The van der Waals surface area contributed by atoms with Crippen LogP contribution in [0, 0.1) is 0 Å². The summed E-state index contributed by atoms with van der Waals surface area (Å²) >= 11 is 0. The zero-order valence-corrected chi connectivity index (χ0v) is 11.8. The molecule has 0 atom stereocenters. The quantitative estimate of drug-likeness (QED) is 0.284. The predicted molar refractivity (Wildman–Crippen MR) is 73.5 cm³/mol. The van der Waals surface area contributed by atoms with Gasteiger partial charge < -0.3 is 9.53 Å². The van der Waals surface area contributed by atoms with Crippen LogP contribution in [0.25, 0.3) is 0 Å². The molecule has 0 unspecified atom stereocenters. The summed E-state index contributed by atoms with van der Waals surface area (Å²) in [6.07, 6.45) is 14.3. The number of unbranched alkanes of at least 4 members (excludes halogenated alkanes) is 10. The van der Waals surface area contributed by atoms with E-state index < -0.39 is 0 Å². The molecule has 0 N–H and O–H groups in total. The number of carbonyl (C=O) groups excluding carboxylic acids is 2. The molecule has 3 heteroatoms. The van der Waals surface area contributed by atoms with E-state index in [0.29, 0.717) is 6.42 Å². The van der Waals surface area contributed by atoms with Crippen molar-refractivity contribution < 1.29 is 14.3 Å². The lowest BCUT2D eigenvalue weighted by atomic mass is 10.1. The van der Waals surface area contributed by atoms with Gasteiger partial charge in [-0.25, -0.2) is 0 Å². The molecule has 0 aliphatic carbocycles. The number of ether oxygens (including phenoxy) is 1. The van der Waals surface area contributed by atoms with Gasteiger partial charge in [0, 0.05) is 12.8 Å². The Labute approximate surface area is 111 Å². The maximum Gasteiger partial charge on any atom is 0.305 e. The van der Waals surface area contributed by atoms with E-state index in [4.69, 9.17) is 0 Å². The van der Waals surface area contributed by atoms with E-state index in [-0.39, 0.29) is 5.97 Å². The summed E-state index contributed by atoms with van der Waals surface area (Å²) < 4.78 is 4.59. The van der Waals surface area contributed by atoms with Gasteiger partial charge in [0.05, 0.1) is 7.11 Å². The van der Waals surface area contributed by atoms with Crippen molar-refractivity contribution in [1.82, 2.24) is 0 Å². The van der Waals surface area contributed by atoms with Gasteiger partial charge >= 0.3 is 5.97 Å². The first-order valence-electron chi connectivity index (χ1n) is 7.31. The summed E-state index contributed by atoms with van der Waals surface area (Å²) in [4.78, 5) is 20.9. The van der Waals surface area contributed by atoms with Crippen molar-refractivity contribution in [3.05, 3.63) is 0 Å². The highest BCUT2D eigenvalue weighted by molar-refractivity contribution is 5.68. The Balaban J connectivity index is 2.98. The number of hydrogen-bond donors (Lipinski definition) is 0. The SMILES string of the molecule is COC(=O)CCCCCCCCCCCCC=O. The molecule has 0 bridgehead atoms. The van der Waals surface area contributed by atoms with Crippen molar-refractivity contribution in [2.45, 2.75) is 77.0 Å². The number of rotatable bonds is 13. The second-order valence-electron chi connectivity index (χ2n) is 4.82. The highest BCUT2D eigenvalue weighted by Gasteiger charge is 1.99. The molecule has 3 nitrogen and oxygen atoms in total. The van der Waals surface area contributed by atoms with Crippen molar-refractivity contribution in [2.75, 3.05) is 7.11 Å². The van der Waals surface area contributed by atoms with Crippen molar-refractivity contribution in [3.8, 4) is 0 Å². The molecule has 0 spiro atoms. The number of carbonyl (C=O) groups is 2. The smallest absolute Gasteiger partial charge is 0.305 e. The second-order valence-corrected chi connectivity index (χ2v) is 4.82. The zero-order valence-electron chi connectivity index (χ0n) is 11.8. The molecule has 0 fully saturated rings. The Kier molecular flexibility index (Phi) is 13.5. The third-order valence-corrected chi connectivity index (χ3v) is 3.18. The molecule has 0 aromatic rings. The van der Waals surface area contributed by atoms with Crippen molar-refractivity contribution in [2.24, 2.45) is 0 Å². The fraction of sp³-hybridized carbons (Fsp3) is 0.867. The first-order valence-corrected chi connectivity index (χ1v) is 7.31. The highest BCUT2D eigenvalue weighted by atomic mass is 16.5. The minimum Gasteiger partial charge on any atom is -0.469 e. The number of aldehydes is 1. The topological polar surface area (TPSA) is 43.4 Å². The van der Waals surface area contributed by atoms with E-state index in [1.54, 1.807) is 0 Å². The molecule has 0 aromatic carbocycles. The van der Waals surface area contributed by atoms with Gasteiger partial charge in [-0.2, -0.15) is 0 Å². The van der Waals surface area contributed by atoms with Gasteiger partial charge in [-0.05, 0) is 12.8 Å². The van der Waals surface area contributed by atoms with Crippen molar-refractivity contribution >= 4 is 12.3 Å². The van der Waals surface area contributed by atoms with Crippen molar-refractivity contribution in [3.63, 3.8) is 0 Å². The summed E-state index contributed by atoms with van der Waals surface area (Å²) in [6.45, 7) is 0. The molecule has 0 aromatic heterocycles. The molecule has 0 amide bonds. The Morgan fingerprint density at radius 1 is 0.833 bits per heavy atom. The Hall–Kier alpha value is -0.860. The number of methoxy groups -OCH3 is 1. The highest BCUT2D eigenvalue weighted by Crippen LogP contribution is 2.11. The van der Waals surface area contributed by atoms with E-state index in [1.165, 1.54) is 52.1 Å². The summed E-state index contributed by atoms with van der Waals surface area (Å²) in [7, 11) is 1.44. The fourth-order valence-electron chi connectivity index (χ4n) is 2.01. The third-order valence-electron chi connectivity index (χ3n) is 3.18. The molecular weight excluding hydrogens is 228 g/mol. The molecule has 0 rings (SSSR count). The lowest BCUT2D eigenvalue weighted by Crippen LogP contribution is -1.99. The first kappa shape index (κ1) is 17.1. The minimum absolute atomic E-state index is 0.0923. The van der Waals surface area contributed by atoms with Gasteiger partial charge in [-0.1, -0.05) is 51.4 Å². The van der Waals surface area contributed by atoms with Crippen LogP contribution < -0.4 is 0 Å². The maximum atomic E-state index is 10.8. The van der Waals surface area contributed by atoms with Crippen LogP contribution in [-0.2, 0) is 14.3 Å². The van der Waals surface area contributed by atoms with E-state index in [0.717, 1.165) is 32.0 Å². The van der Waals surface area contributed by atoms with Crippen LogP contribution in [0.4, 0.5) is 0 Å². The molecule has 0 aliphatic heterocycles. The molecule has 0 saturated carbocycles. The summed E-state index contributed by atoms with van der Waals surface area (Å²) in [5, 5.41) is 0. The standard InChI is InChI=1S/C15H28O3/c1-18-15(17)13-11-9-7-5-3-2-4-6-8-10-12-14-16/h14H,2-13H2,1H3. The average molecular weight is 256 g/mol. The van der Waals surface area contributed by atoms with Crippen LogP contribution in [-0.4, -0.2) is 19.4 Å². The largest absolute Gasteiger partial charge is 0.469 e. The number of hydrogen-bond acceptors (Lipinski definition) is 3. The summed E-state index contributed by atoms with van der Waals surface area (Å²) in [6, 6.07) is 0. The molecule has 0 saturated heterocycles. The minimum atomic E-state index is -0.0923. The van der Waals surface area contributed by atoms with E-state index in [2.05, 4.69) is 4.74 Å². The normalized spacial score (nSPS) is 10.3. The van der Waals surface area contributed by atoms with Crippen LogP contribution in [0.15, 0.2) is 0 Å². The Bertz CT molecular complexity index is 202. The van der Waals surface area contributed by atoms with Crippen LogP contribution in [0.3, 0.4) is 0 Å². The van der Waals surface area contributed by atoms with Gasteiger partial charge in [0.25, 0.3) is 0 Å². The third kappa shape index (κ3) is 13.2. The molecule has 0 aliphatic rings. The van der Waals surface area contributed by atoms with E-state index in [9.17, 15) is 9.59 Å². The molecule has 0 heterocycles. The van der Waals surface area contributed by atoms with Crippen molar-refractivity contribution in [1.29, 1.82) is 0 Å². The Morgan fingerprint density at radius 3 is 1.72 bits per heavy atom. The second kappa shape index (κ2) is 14.2. The van der Waals surface area contributed by atoms with Gasteiger partial charge in [0.2, 0.25) is 0 Å². The fourth-order valence-corrected chi connectivity index (χ4v) is 2.01. The van der Waals surface area contributed by atoms with Crippen LogP contribution in [0.2, 0.25) is 0 Å².